The van der Waals surface area contributed by atoms with E-state index in [1.165, 1.54) is 0 Å². The van der Waals surface area contributed by atoms with E-state index < -0.39 is 11.5 Å². The summed E-state index contributed by atoms with van der Waals surface area (Å²) in [5.74, 6) is -0.318. The van der Waals surface area contributed by atoms with E-state index in [1.807, 2.05) is 32.0 Å². The van der Waals surface area contributed by atoms with Gasteiger partial charge in [0.25, 0.3) is 0 Å². The Balaban J connectivity index is 1.71. The molecule has 3 heterocycles. The monoisotopic (exact) mass is 362 g/mol. The quantitative estimate of drug-likeness (QED) is 0.726. The number of rotatable bonds is 5. The van der Waals surface area contributed by atoms with Crippen molar-refractivity contribution in [3.63, 3.8) is 0 Å². The molecule has 3 aromatic heterocycles. The number of hydrogen-bond acceptors (Lipinski definition) is 5. The van der Waals surface area contributed by atoms with E-state index in [9.17, 15) is 9.90 Å². The number of carbonyl (C=O) groups is 1. The maximum atomic E-state index is 11.7. The third-order valence-electron chi connectivity index (χ3n) is 5.45. The number of nitrogens with zero attached hydrogens (tertiary/aromatic N) is 3. The number of hydrogen-bond donors (Lipinski definition) is 2. The Labute approximate surface area is 157 Å². The highest BCUT2D eigenvalue weighted by Crippen LogP contribution is 2.47. The lowest BCUT2D eigenvalue weighted by Gasteiger charge is -2.13. The van der Waals surface area contributed by atoms with Gasteiger partial charge in [0.15, 0.2) is 0 Å². The molecule has 1 atom stereocenters. The molecule has 0 aromatic carbocycles. The second-order valence-corrected chi connectivity index (χ2v) is 7.28. The van der Waals surface area contributed by atoms with Crippen molar-refractivity contribution >= 4 is 16.8 Å². The molecule has 3 aromatic rings. The van der Waals surface area contributed by atoms with E-state index in [4.69, 9.17) is 5.73 Å². The summed E-state index contributed by atoms with van der Waals surface area (Å²) in [6.45, 7) is 3.92. The van der Waals surface area contributed by atoms with Gasteiger partial charge in [-0.1, -0.05) is 6.92 Å². The number of primary amides is 1. The Morgan fingerprint density at radius 1 is 1.19 bits per heavy atom. The maximum Gasteiger partial charge on any atom is 0.229 e. The highest BCUT2D eigenvalue weighted by molar-refractivity contribution is 5.91. The average Bonchev–Trinajstić information content (AvgIpc) is 3.48. The van der Waals surface area contributed by atoms with Gasteiger partial charge >= 0.3 is 0 Å². The lowest BCUT2D eigenvalue weighted by atomic mass is 9.99. The van der Waals surface area contributed by atoms with Crippen molar-refractivity contribution in [2.75, 3.05) is 0 Å². The van der Waals surface area contributed by atoms with Gasteiger partial charge in [0.05, 0.1) is 28.4 Å². The normalized spacial score (nSPS) is 16.3. The van der Waals surface area contributed by atoms with Crippen LogP contribution in [0.15, 0.2) is 36.8 Å². The number of amides is 1. The van der Waals surface area contributed by atoms with Crippen molar-refractivity contribution in [3.05, 3.63) is 53.7 Å². The maximum absolute atomic E-state index is 11.7. The zero-order valence-corrected chi connectivity index (χ0v) is 15.4. The number of nitrogens with two attached hydrogens (primary N) is 1. The molecule has 6 nitrogen and oxygen atoms in total. The Morgan fingerprint density at radius 3 is 2.59 bits per heavy atom. The van der Waals surface area contributed by atoms with Crippen LogP contribution in [0.5, 0.6) is 0 Å². The Bertz CT molecular complexity index is 1040. The third-order valence-corrected chi connectivity index (χ3v) is 5.45. The number of aliphatic hydroxyl groups excluding tert-OH is 1. The second kappa shape index (κ2) is 6.39. The van der Waals surface area contributed by atoms with Crippen LogP contribution in [-0.4, -0.2) is 26.0 Å². The summed E-state index contributed by atoms with van der Waals surface area (Å²) >= 11 is 0. The molecule has 3 N–H and O–H groups in total. The van der Waals surface area contributed by atoms with E-state index in [0.717, 1.165) is 40.4 Å². The van der Waals surface area contributed by atoms with E-state index in [1.54, 1.807) is 18.6 Å². The van der Waals surface area contributed by atoms with Gasteiger partial charge in [-0.05, 0) is 49.9 Å². The van der Waals surface area contributed by atoms with Gasteiger partial charge in [-0.15, -0.1) is 0 Å². The fourth-order valence-corrected chi connectivity index (χ4v) is 3.46. The third kappa shape index (κ3) is 2.96. The van der Waals surface area contributed by atoms with Crippen LogP contribution in [0.3, 0.4) is 0 Å². The molecule has 0 saturated heterocycles. The fourth-order valence-electron chi connectivity index (χ4n) is 3.46. The van der Waals surface area contributed by atoms with Gasteiger partial charge in [0.2, 0.25) is 5.91 Å². The molecule has 1 aliphatic rings. The Kier molecular flexibility index (Phi) is 4.15. The van der Waals surface area contributed by atoms with E-state index >= 15 is 0 Å². The first-order chi connectivity index (χ1) is 12.9. The van der Waals surface area contributed by atoms with Crippen molar-refractivity contribution in [1.29, 1.82) is 0 Å². The summed E-state index contributed by atoms with van der Waals surface area (Å²) in [5.41, 5.74) is 10.1. The van der Waals surface area contributed by atoms with Gasteiger partial charge in [0, 0.05) is 35.1 Å². The largest absolute Gasteiger partial charge is 0.387 e. The molecule has 0 spiro atoms. The molecular weight excluding hydrogens is 340 g/mol. The summed E-state index contributed by atoms with van der Waals surface area (Å²) < 4.78 is 0. The van der Waals surface area contributed by atoms with Crippen molar-refractivity contribution in [3.8, 4) is 11.1 Å². The minimum Gasteiger partial charge on any atom is -0.387 e. The molecule has 4 rings (SSSR count). The topological polar surface area (TPSA) is 102 Å². The second-order valence-electron chi connectivity index (χ2n) is 7.28. The standard InChI is InChI=1S/C21H22N4O2/c1-3-18(26)17-6-12(2)15(11-24-17)13-7-14-10-25-19(8-16(14)23-9-13)21(4-5-21)20(22)27/h6-11,18,26H,3-5H2,1-2H3,(H2,22,27). The zero-order chi connectivity index (χ0) is 19.2. The molecule has 0 radical (unpaired) electrons. The van der Waals surface area contributed by atoms with Gasteiger partial charge in [0.1, 0.15) is 0 Å². The molecule has 138 valence electrons. The number of pyridine rings is 3. The van der Waals surface area contributed by atoms with Gasteiger partial charge in [-0.2, -0.15) is 0 Å². The summed E-state index contributed by atoms with van der Waals surface area (Å²) in [6.07, 6.45) is 6.91. The number of carbonyl (C=O) groups excluding carboxylic acids is 1. The first kappa shape index (κ1) is 17.5. The molecule has 0 aliphatic heterocycles. The van der Waals surface area contributed by atoms with Crippen molar-refractivity contribution < 1.29 is 9.90 Å². The molecule has 1 saturated carbocycles. The van der Waals surface area contributed by atoms with Crippen LogP contribution in [-0.2, 0) is 10.2 Å². The Hall–Kier alpha value is -2.86. The van der Waals surface area contributed by atoms with Gasteiger partial charge in [-0.25, -0.2) is 0 Å². The van der Waals surface area contributed by atoms with Crippen LogP contribution in [0.2, 0.25) is 0 Å². The number of aromatic nitrogens is 3. The highest BCUT2D eigenvalue weighted by atomic mass is 16.3. The molecule has 27 heavy (non-hydrogen) atoms. The number of fused-ring (bicyclic) bond motifs is 1. The molecular formula is C21H22N4O2. The number of aliphatic hydroxyl groups is 1. The highest BCUT2D eigenvalue weighted by Gasteiger charge is 2.51. The van der Waals surface area contributed by atoms with E-state index in [-0.39, 0.29) is 5.91 Å². The molecule has 1 amide bonds. The SMILES string of the molecule is CCC(O)c1cc(C)c(-c2cnc3cc(C4(C(N)=O)CC4)ncc3c2)cn1. The van der Waals surface area contributed by atoms with Crippen LogP contribution >= 0.6 is 0 Å². The van der Waals surface area contributed by atoms with Crippen LogP contribution in [0.1, 0.15) is 49.2 Å². The molecule has 1 aliphatic carbocycles. The molecule has 1 fully saturated rings. The first-order valence-corrected chi connectivity index (χ1v) is 9.16. The van der Waals surface area contributed by atoms with Crippen LogP contribution in [0, 0.1) is 6.92 Å². The number of aryl methyl sites for hydroxylation is 1. The Morgan fingerprint density at radius 2 is 1.96 bits per heavy atom. The fraction of sp³-hybridized carbons (Fsp3) is 0.333. The van der Waals surface area contributed by atoms with E-state index in [0.29, 0.717) is 17.8 Å². The van der Waals surface area contributed by atoms with Crippen LogP contribution in [0.4, 0.5) is 0 Å². The predicted octanol–water partition coefficient (Wildman–Crippen LogP) is 2.96. The van der Waals surface area contributed by atoms with Crippen LogP contribution in [0.25, 0.3) is 22.0 Å². The predicted molar refractivity (Wildman–Crippen MR) is 103 cm³/mol. The lowest BCUT2D eigenvalue weighted by molar-refractivity contribution is -0.120. The summed E-state index contributed by atoms with van der Waals surface area (Å²) in [7, 11) is 0. The summed E-state index contributed by atoms with van der Waals surface area (Å²) in [5, 5.41) is 10.9. The van der Waals surface area contributed by atoms with Crippen molar-refractivity contribution in [2.45, 2.75) is 44.6 Å². The smallest absolute Gasteiger partial charge is 0.229 e. The average molecular weight is 362 g/mol. The molecule has 6 heteroatoms. The first-order valence-electron chi connectivity index (χ1n) is 9.16. The van der Waals surface area contributed by atoms with Gasteiger partial charge < -0.3 is 10.8 Å². The van der Waals surface area contributed by atoms with E-state index in [2.05, 4.69) is 15.0 Å². The molecule has 0 bridgehead atoms. The van der Waals surface area contributed by atoms with Crippen molar-refractivity contribution in [2.24, 2.45) is 5.73 Å². The summed E-state index contributed by atoms with van der Waals surface area (Å²) in [4.78, 5) is 25.2. The van der Waals surface area contributed by atoms with Crippen LogP contribution < -0.4 is 5.73 Å². The van der Waals surface area contributed by atoms with Gasteiger partial charge in [-0.3, -0.25) is 19.7 Å². The minimum absolute atomic E-state index is 0.318. The van der Waals surface area contributed by atoms with Crippen molar-refractivity contribution in [1.82, 2.24) is 15.0 Å². The lowest BCUT2D eigenvalue weighted by Crippen LogP contribution is -2.29. The molecule has 1 unspecified atom stereocenters. The zero-order valence-electron chi connectivity index (χ0n) is 15.4. The summed E-state index contributed by atoms with van der Waals surface area (Å²) in [6, 6.07) is 5.80. The minimum atomic E-state index is -0.606.